The standard InChI is InChI=1S/C10H8ClF3O2S/c1-6(15)7-2-8(11)4-9(3-7)17(16)5-10(12,13)14/h2-4H,5H2,1H3. The minimum atomic E-state index is -4.52. The van der Waals surface area contributed by atoms with E-state index in [0.717, 1.165) is 12.1 Å². The Labute approximate surface area is 103 Å². The first-order valence-corrected chi connectivity index (χ1v) is 6.15. The highest BCUT2D eigenvalue weighted by molar-refractivity contribution is 7.85. The molecule has 0 saturated heterocycles. The molecule has 0 aliphatic heterocycles. The number of benzene rings is 1. The van der Waals surface area contributed by atoms with Gasteiger partial charge in [0, 0.05) is 15.5 Å². The van der Waals surface area contributed by atoms with Gasteiger partial charge in [0.15, 0.2) is 5.78 Å². The molecule has 2 nitrogen and oxygen atoms in total. The van der Waals surface area contributed by atoms with E-state index in [1.807, 2.05) is 0 Å². The topological polar surface area (TPSA) is 34.1 Å². The van der Waals surface area contributed by atoms with Gasteiger partial charge in [0.05, 0.1) is 10.8 Å². The van der Waals surface area contributed by atoms with Gasteiger partial charge < -0.3 is 0 Å². The zero-order valence-corrected chi connectivity index (χ0v) is 10.2. The van der Waals surface area contributed by atoms with Gasteiger partial charge in [-0.3, -0.25) is 9.00 Å². The van der Waals surface area contributed by atoms with Gasteiger partial charge in [-0.1, -0.05) is 11.6 Å². The summed E-state index contributed by atoms with van der Waals surface area (Å²) in [4.78, 5) is 11.0. The largest absolute Gasteiger partial charge is 0.400 e. The van der Waals surface area contributed by atoms with Gasteiger partial charge >= 0.3 is 6.18 Å². The number of halogens is 4. The monoisotopic (exact) mass is 284 g/mol. The van der Waals surface area contributed by atoms with Crippen LogP contribution in [-0.4, -0.2) is 21.9 Å². The molecule has 7 heteroatoms. The summed E-state index contributed by atoms with van der Waals surface area (Å²) in [6.07, 6.45) is -4.52. The molecule has 17 heavy (non-hydrogen) atoms. The van der Waals surface area contributed by atoms with E-state index in [1.165, 1.54) is 13.0 Å². The van der Waals surface area contributed by atoms with Crippen LogP contribution in [0.15, 0.2) is 23.1 Å². The van der Waals surface area contributed by atoms with Crippen LogP contribution in [0.2, 0.25) is 5.02 Å². The second-order valence-corrected chi connectivity index (χ2v) is 5.22. The molecule has 1 unspecified atom stereocenters. The lowest BCUT2D eigenvalue weighted by Crippen LogP contribution is -2.18. The van der Waals surface area contributed by atoms with Gasteiger partial charge in [-0.25, -0.2) is 0 Å². The van der Waals surface area contributed by atoms with E-state index in [1.54, 1.807) is 0 Å². The molecule has 1 aromatic carbocycles. The molecule has 0 N–H and O–H groups in total. The maximum atomic E-state index is 12.1. The number of carbonyl (C=O) groups excluding carboxylic acids is 1. The average molecular weight is 285 g/mol. The Balaban J connectivity index is 3.06. The Hall–Kier alpha value is -0.880. The first kappa shape index (κ1) is 14.2. The summed E-state index contributed by atoms with van der Waals surface area (Å²) in [5.74, 6) is -1.80. The smallest absolute Gasteiger partial charge is 0.295 e. The Morgan fingerprint density at radius 1 is 1.35 bits per heavy atom. The highest BCUT2D eigenvalue weighted by Gasteiger charge is 2.31. The summed E-state index contributed by atoms with van der Waals surface area (Å²) in [5, 5.41) is 0.0863. The fourth-order valence-corrected chi connectivity index (χ4v) is 2.41. The molecule has 0 aromatic heterocycles. The molecular formula is C10H8ClF3O2S. The average Bonchev–Trinajstić information content (AvgIpc) is 2.13. The number of hydrogen-bond donors (Lipinski definition) is 0. The molecule has 0 fully saturated rings. The molecular weight excluding hydrogens is 277 g/mol. The predicted octanol–water partition coefficient (Wildman–Crippen LogP) is 3.21. The Bertz CT molecular complexity index is 471. The Morgan fingerprint density at radius 2 is 1.94 bits per heavy atom. The lowest BCUT2D eigenvalue weighted by atomic mass is 10.1. The second kappa shape index (κ2) is 5.18. The number of ketones is 1. The third-order valence-corrected chi connectivity index (χ3v) is 3.40. The van der Waals surface area contributed by atoms with Crippen molar-refractivity contribution in [1.82, 2.24) is 0 Å². The second-order valence-electron chi connectivity index (χ2n) is 3.34. The van der Waals surface area contributed by atoms with Crippen molar-refractivity contribution in [3.63, 3.8) is 0 Å². The molecule has 0 aliphatic rings. The van der Waals surface area contributed by atoms with Crippen LogP contribution in [0.5, 0.6) is 0 Å². The number of alkyl halides is 3. The maximum Gasteiger partial charge on any atom is 0.400 e. The van der Waals surface area contributed by atoms with E-state index < -0.39 is 22.7 Å². The summed E-state index contributed by atoms with van der Waals surface area (Å²) >= 11 is 5.64. The van der Waals surface area contributed by atoms with Crippen LogP contribution < -0.4 is 0 Å². The molecule has 0 saturated carbocycles. The van der Waals surface area contributed by atoms with Crippen molar-refractivity contribution in [2.75, 3.05) is 5.75 Å². The lowest BCUT2D eigenvalue weighted by Gasteiger charge is -2.07. The van der Waals surface area contributed by atoms with Crippen molar-refractivity contribution >= 4 is 28.2 Å². The molecule has 1 atom stereocenters. The van der Waals surface area contributed by atoms with Crippen molar-refractivity contribution in [2.24, 2.45) is 0 Å². The molecule has 0 aliphatic carbocycles. The van der Waals surface area contributed by atoms with Gasteiger partial charge in [0.1, 0.15) is 5.75 Å². The van der Waals surface area contributed by atoms with Crippen molar-refractivity contribution < 1.29 is 22.2 Å². The van der Waals surface area contributed by atoms with Crippen molar-refractivity contribution in [1.29, 1.82) is 0 Å². The normalized spacial score (nSPS) is 13.5. The maximum absolute atomic E-state index is 12.1. The zero-order chi connectivity index (χ0) is 13.2. The minimum absolute atomic E-state index is 0.0863. The molecule has 1 rings (SSSR count). The van der Waals surface area contributed by atoms with Crippen molar-refractivity contribution in [3.05, 3.63) is 28.8 Å². The first-order chi connectivity index (χ1) is 7.69. The molecule has 0 heterocycles. The van der Waals surface area contributed by atoms with Crippen LogP contribution in [-0.2, 0) is 10.8 Å². The summed E-state index contributed by atoms with van der Waals surface area (Å²) in [6.45, 7) is 1.25. The van der Waals surface area contributed by atoms with E-state index in [9.17, 15) is 22.2 Å². The molecule has 0 amide bonds. The SMILES string of the molecule is CC(=O)c1cc(Cl)cc(S(=O)CC(F)(F)F)c1. The Kier molecular flexibility index (Phi) is 4.32. The van der Waals surface area contributed by atoms with Crippen LogP contribution in [0.4, 0.5) is 13.2 Å². The number of rotatable bonds is 3. The van der Waals surface area contributed by atoms with Crippen LogP contribution in [0.25, 0.3) is 0 Å². The van der Waals surface area contributed by atoms with E-state index in [2.05, 4.69) is 0 Å². The highest BCUT2D eigenvalue weighted by Crippen LogP contribution is 2.23. The van der Waals surface area contributed by atoms with Crippen LogP contribution >= 0.6 is 11.6 Å². The van der Waals surface area contributed by atoms with Crippen LogP contribution in [0.1, 0.15) is 17.3 Å². The molecule has 0 spiro atoms. The first-order valence-electron chi connectivity index (χ1n) is 4.46. The Morgan fingerprint density at radius 3 is 2.41 bits per heavy atom. The van der Waals surface area contributed by atoms with E-state index in [0.29, 0.717) is 0 Å². The van der Waals surface area contributed by atoms with Crippen LogP contribution in [0, 0.1) is 0 Å². The third kappa shape index (κ3) is 4.47. The van der Waals surface area contributed by atoms with Gasteiger partial charge in [-0.2, -0.15) is 13.2 Å². The van der Waals surface area contributed by atoms with Crippen molar-refractivity contribution in [2.45, 2.75) is 18.0 Å². The number of carbonyl (C=O) groups is 1. The van der Waals surface area contributed by atoms with Gasteiger partial charge in [0.2, 0.25) is 0 Å². The molecule has 0 radical (unpaired) electrons. The summed E-state index contributed by atoms with van der Waals surface area (Å²) in [6, 6.07) is 3.64. The fourth-order valence-electron chi connectivity index (χ4n) is 1.13. The van der Waals surface area contributed by atoms with Crippen molar-refractivity contribution in [3.8, 4) is 0 Å². The summed E-state index contributed by atoms with van der Waals surface area (Å²) < 4.78 is 47.6. The quantitative estimate of drug-likeness (QED) is 0.799. The predicted molar refractivity (Wildman–Crippen MR) is 58.8 cm³/mol. The highest BCUT2D eigenvalue weighted by atomic mass is 35.5. The van der Waals surface area contributed by atoms with Gasteiger partial charge in [-0.15, -0.1) is 0 Å². The summed E-state index contributed by atoms with van der Waals surface area (Å²) in [5.41, 5.74) is 0.142. The zero-order valence-electron chi connectivity index (χ0n) is 8.68. The van der Waals surface area contributed by atoms with E-state index >= 15 is 0 Å². The van der Waals surface area contributed by atoms with Gasteiger partial charge in [-0.05, 0) is 25.1 Å². The molecule has 0 bridgehead atoms. The number of hydrogen-bond acceptors (Lipinski definition) is 2. The minimum Gasteiger partial charge on any atom is -0.295 e. The van der Waals surface area contributed by atoms with Crippen LogP contribution in [0.3, 0.4) is 0 Å². The van der Waals surface area contributed by atoms with Gasteiger partial charge in [0.25, 0.3) is 0 Å². The summed E-state index contributed by atoms with van der Waals surface area (Å²) in [7, 11) is -2.25. The molecule has 94 valence electrons. The van der Waals surface area contributed by atoms with E-state index in [-0.39, 0.29) is 21.3 Å². The number of Topliss-reactive ketones (excluding diaryl/α,β-unsaturated/α-hetero) is 1. The fraction of sp³-hybridized carbons (Fsp3) is 0.300. The molecule has 1 aromatic rings. The third-order valence-electron chi connectivity index (χ3n) is 1.84. The lowest BCUT2D eigenvalue weighted by molar-refractivity contribution is -0.105. The van der Waals surface area contributed by atoms with E-state index in [4.69, 9.17) is 11.6 Å².